The molecule has 0 aliphatic carbocycles. The second-order valence-corrected chi connectivity index (χ2v) is 5.84. The average Bonchev–Trinajstić information content (AvgIpc) is 2.99. The normalized spacial score (nSPS) is 11.5. The summed E-state index contributed by atoms with van der Waals surface area (Å²) in [6, 6.07) is 7.18. The van der Waals surface area contributed by atoms with Crippen LogP contribution < -0.4 is 10.1 Å². The zero-order chi connectivity index (χ0) is 18.9. The standard InChI is InChI=1S/C18H17F3N4O/c1-10-6-12(18(19,20)21)7-16(23-10)25-13-4-5-14(15(8-13)26-3)17-22-9-11(2)24-17/h4-9H,1-3H3,(H,22,24)(H,23,25). The van der Waals surface area contributed by atoms with Crippen LogP contribution in [0.5, 0.6) is 5.75 Å². The maximum absolute atomic E-state index is 13.0. The van der Waals surface area contributed by atoms with Crippen LogP contribution in [0.2, 0.25) is 0 Å². The second kappa shape index (κ2) is 6.70. The van der Waals surface area contributed by atoms with E-state index in [1.165, 1.54) is 14.0 Å². The molecule has 3 rings (SSSR count). The number of H-pyrrole nitrogens is 1. The van der Waals surface area contributed by atoms with E-state index in [0.29, 0.717) is 17.3 Å². The molecule has 1 aromatic carbocycles. The zero-order valence-corrected chi connectivity index (χ0v) is 14.4. The van der Waals surface area contributed by atoms with Crippen LogP contribution >= 0.6 is 0 Å². The predicted molar refractivity (Wildman–Crippen MR) is 92.6 cm³/mol. The molecule has 0 saturated carbocycles. The lowest BCUT2D eigenvalue weighted by atomic mass is 10.1. The van der Waals surface area contributed by atoms with Crippen LogP contribution in [0.25, 0.3) is 11.4 Å². The molecule has 0 fully saturated rings. The maximum atomic E-state index is 13.0. The van der Waals surface area contributed by atoms with Gasteiger partial charge in [-0.05, 0) is 38.1 Å². The summed E-state index contributed by atoms with van der Waals surface area (Å²) >= 11 is 0. The number of imidazole rings is 1. The second-order valence-electron chi connectivity index (χ2n) is 5.84. The molecular weight excluding hydrogens is 345 g/mol. The molecule has 8 heteroatoms. The van der Waals surface area contributed by atoms with Crippen LogP contribution in [0.3, 0.4) is 0 Å². The number of hydrogen-bond donors (Lipinski definition) is 2. The molecule has 136 valence electrons. The van der Waals surface area contributed by atoms with E-state index < -0.39 is 11.7 Å². The van der Waals surface area contributed by atoms with Crippen molar-refractivity contribution in [3.8, 4) is 17.1 Å². The number of hydrogen-bond acceptors (Lipinski definition) is 4. The van der Waals surface area contributed by atoms with Crippen molar-refractivity contribution in [3.63, 3.8) is 0 Å². The van der Waals surface area contributed by atoms with Crippen LogP contribution in [0.4, 0.5) is 24.7 Å². The van der Waals surface area contributed by atoms with Gasteiger partial charge in [-0.15, -0.1) is 0 Å². The average molecular weight is 362 g/mol. The van der Waals surface area contributed by atoms with Crippen molar-refractivity contribution in [2.24, 2.45) is 0 Å². The van der Waals surface area contributed by atoms with E-state index in [-0.39, 0.29) is 11.5 Å². The highest BCUT2D eigenvalue weighted by Crippen LogP contribution is 2.34. The lowest BCUT2D eigenvalue weighted by Crippen LogP contribution is -2.07. The Labute approximate surface area is 148 Å². The van der Waals surface area contributed by atoms with Gasteiger partial charge in [0.1, 0.15) is 17.4 Å². The predicted octanol–water partition coefficient (Wildman–Crippen LogP) is 4.86. The topological polar surface area (TPSA) is 62.8 Å². The van der Waals surface area contributed by atoms with E-state index in [0.717, 1.165) is 23.4 Å². The van der Waals surface area contributed by atoms with E-state index in [4.69, 9.17) is 4.74 Å². The van der Waals surface area contributed by atoms with Crippen LogP contribution in [0.15, 0.2) is 36.5 Å². The SMILES string of the molecule is COc1cc(Nc2cc(C(F)(F)F)cc(C)n2)ccc1-c1ncc(C)[nH]1. The molecule has 0 bridgehead atoms. The summed E-state index contributed by atoms with van der Waals surface area (Å²) in [4.78, 5) is 11.5. The Hall–Kier alpha value is -3.03. The molecule has 0 aliphatic heterocycles. The largest absolute Gasteiger partial charge is 0.496 e. The molecule has 3 aromatic rings. The molecule has 5 nitrogen and oxygen atoms in total. The lowest BCUT2D eigenvalue weighted by Gasteiger charge is -2.13. The Morgan fingerprint density at radius 3 is 2.50 bits per heavy atom. The molecule has 2 aromatic heterocycles. The molecule has 0 saturated heterocycles. The minimum atomic E-state index is -4.43. The first-order chi connectivity index (χ1) is 12.3. The highest BCUT2D eigenvalue weighted by molar-refractivity contribution is 5.71. The third-order valence-electron chi connectivity index (χ3n) is 3.71. The maximum Gasteiger partial charge on any atom is 0.416 e. The number of ether oxygens (including phenoxy) is 1. The van der Waals surface area contributed by atoms with Gasteiger partial charge in [0.2, 0.25) is 0 Å². The number of alkyl halides is 3. The van der Waals surface area contributed by atoms with Gasteiger partial charge in [0.25, 0.3) is 0 Å². The number of aryl methyl sites for hydroxylation is 2. The molecule has 2 heterocycles. The van der Waals surface area contributed by atoms with Crippen LogP contribution in [0.1, 0.15) is 17.0 Å². The number of benzene rings is 1. The Bertz CT molecular complexity index is 934. The molecule has 0 radical (unpaired) electrons. The molecule has 2 N–H and O–H groups in total. The number of nitrogens with one attached hydrogen (secondary N) is 2. The molecule has 0 aliphatic rings. The summed E-state index contributed by atoms with van der Waals surface area (Å²) in [6.07, 6.45) is -2.72. The van der Waals surface area contributed by atoms with Gasteiger partial charge in [0.15, 0.2) is 0 Å². The summed E-state index contributed by atoms with van der Waals surface area (Å²) in [7, 11) is 1.52. The van der Waals surface area contributed by atoms with Gasteiger partial charge in [-0.25, -0.2) is 9.97 Å². The summed E-state index contributed by atoms with van der Waals surface area (Å²) in [5, 5.41) is 2.89. The minimum Gasteiger partial charge on any atom is -0.496 e. The van der Waals surface area contributed by atoms with E-state index in [2.05, 4.69) is 20.3 Å². The van der Waals surface area contributed by atoms with Gasteiger partial charge < -0.3 is 15.0 Å². The highest BCUT2D eigenvalue weighted by Gasteiger charge is 2.31. The number of aromatic amines is 1. The summed E-state index contributed by atoms with van der Waals surface area (Å²) < 4.78 is 44.3. The zero-order valence-electron chi connectivity index (χ0n) is 14.4. The van der Waals surface area contributed by atoms with Crippen LogP contribution in [-0.2, 0) is 6.18 Å². The van der Waals surface area contributed by atoms with Gasteiger partial charge in [-0.3, -0.25) is 0 Å². The minimum absolute atomic E-state index is 0.112. The fourth-order valence-corrected chi connectivity index (χ4v) is 2.56. The van der Waals surface area contributed by atoms with E-state index in [9.17, 15) is 13.2 Å². The van der Waals surface area contributed by atoms with Crippen LogP contribution in [-0.4, -0.2) is 22.1 Å². The fraction of sp³-hybridized carbons (Fsp3) is 0.222. The number of pyridine rings is 1. The number of methoxy groups -OCH3 is 1. The van der Waals surface area contributed by atoms with Gasteiger partial charge in [-0.1, -0.05) is 0 Å². The van der Waals surface area contributed by atoms with Crippen molar-refractivity contribution in [1.82, 2.24) is 15.0 Å². The first kappa shape index (κ1) is 17.8. The first-order valence-electron chi connectivity index (χ1n) is 7.79. The highest BCUT2D eigenvalue weighted by atomic mass is 19.4. The first-order valence-corrected chi connectivity index (χ1v) is 7.79. The number of anilines is 2. The summed E-state index contributed by atoms with van der Waals surface area (Å²) in [6.45, 7) is 3.41. The monoisotopic (exact) mass is 362 g/mol. The van der Waals surface area contributed by atoms with Gasteiger partial charge in [-0.2, -0.15) is 13.2 Å². The Morgan fingerprint density at radius 1 is 1.12 bits per heavy atom. The molecule has 0 amide bonds. The lowest BCUT2D eigenvalue weighted by molar-refractivity contribution is -0.137. The fourth-order valence-electron chi connectivity index (χ4n) is 2.56. The summed E-state index contributed by atoms with van der Waals surface area (Å²) in [5.74, 6) is 1.30. The van der Waals surface area contributed by atoms with Crippen molar-refractivity contribution in [2.45, 2.75) is 20.0 Å². The Balaban J connectivity index is 1.93. The van der Waals surface area contributed by atoms with Crippen molar-refractivity contribution in [2.75, 3.05) is 12.4 Å². The third kappa shape index (κ3) is 3.79. The van der Waals surface area contributed by atoms with Crippen LogP contribution in [0, 0.1) is 13.8 Å². The van der Waals surface area contributed by atoms with Crippen molar-refractivity contribution < 1.29 is 17.9 Å². The molecule has 0 spiro atoms. The number of halogens is 3. The van der Waals surface area contributed by atoms with E-state index in [1.807, 2.05) is 6.92 Å². The number of nitrogens with zero attached hydrogens (tertiary/aromatic N) is 2. The van der Waals surface area contributed by atoms with Gasteiger partial charge >= 0.3 is 6.18 Å². The summed E-state index contributed by atoms with van der Waals surface area (Å²) in [5.41, 5.74) is 1.74. The Kier molecular flexibility index (Phi) is 4.58. The molecule has 0 unspecified atom stereocenters. The third-order valence-corrected chi connectivity index (χ3v) is 3.71. The molecular formula is C18H17F3N4O. The Morgan fingerprint density at radius 2 is 1.88 bits per heavy atom. The van der Waals surface area contributed by atoms with Crippen molar-refractivity contribution in [1.29, 1.82) is 0 Å². The van der Waals surface area contributed by atoms with Gasteiger partial charge in [0, 0.05) is 29.3 Å². The number of rotatable bonds is 4. The van der Waals surface area contributed by atoms with E-state index >= 15 is 0 Å². The molecule has 0 atom stereocenters. The molecule has 26 heavy (non-hydrogen) atoms. The quantitative estimate of drug-likeness (QED) is 0.696. The van der Waals surface area contributed by atoms with Crippen molar-refractivity contribution in [3.05, 3.63) is 53.5 Å². The van der Waals surface area contributed by atoms with Crippen molar-refractivity contribution >= 4 is 11.5 Å². The smallest absolute Gasteiger partial charge is 0.416 e. The van der Waals surface area contributed by atoms with E-state index in [1.54, 1.807) is 24.4 Å². The number of aromatic nitrogens is 3. The van der Waals surface area contributed by atoms with Gasteiger partial charge in [0.05, 0.1) is 18.2 Å².